The van der Waals surface area contributed by atoms with Crippen LogP contribution >= 0.6 is 0 Å². The molecule has 1 aliphatic heterocycles. The minimum absolute atomic E-state index is 0.203. The van der Waals surface area contributed by atoms with Crippen molar-refractivity contribution in [3.05, 3.63) is 29.3 Å². The summed E-state index contributed by atoms with van der Waals surface area (Å²) in [6.45, 7) is 4.64. The monoisotopic (exact) mass is 235 g/mol. The maximum Gasteiger partial charge on any atom is 0.335 e. The van der Waals surface area contributed by atoms with E-state index in [1.807, 2.05) is 26.0 Å². The van der Waals surface area contributed by atoms with Gasteiger partial charge < -0.3 is 15.2 Å². The molecule has 0 aliphatic carbocycles. The molecule has 0 spiro atoms. The van der Waals surface area contributed by atoms with Gasteiger partial charge in [-0.1, -0.05) is 0 Å². The van der Waals surface area contributed by atoms with Crippen molar-refractivity contribution in [1.82, 2.24) is 0 Å². The van der Waals surface area contributed by atoms with Gasteiger partial charge in [0.2, 0.25) is 0 Å². The van der Waals surface area contributed by atoms with Crippen molar-refractivity contribution in [3.63, 3.8) is 0 Å². The summed E-state index contributed by atoms with van der Waals surface area (Å²) in [6.07, 6.45) is 1.19. The average molecular weight is 235 g/mol. The number of carboxylic acid groups (broad SMARTS) is 1. The molecule has 0 bridgehead atoms. The summed E-state index contributed by atoms with van der Waals surface area (Å²) in [5.74, 6) is -0.883. The van der Waals surface area contributed by atoms with E-state index in [1.165, 1.54) is 0 Å². The van der Waals surface area contributed by atoms with Crippen molar-refractivity contribution in [3.8, 4) is 0 Å². The minimum Gasteiger partial charge on any atom is -0.478 e. The minimum atomic E-state index is -0.883. The molecule has 17 heavy (non-hydrogen) atoms. The van der Waals surface area contributed by atoms with Crippen LogP contribution in [0.4, 0.5) is 5.69 Å². The molecule has 1 aliphatic rings. The zero-order valence-electron chi connectivity index (χ0n) is 10.1. The Morgan fingerprint density at radius 3 is 2.82 bits per heavy atom. The van der Waals surface area contributed by atoms with Gasteiger partial charge in [-0.15, -0.1) is 0 Å². The molecular formula is C13H17NO3. The molecule has 1 heterocycles. The summed E-state index contributed by atoms with van der Waals surface area (Å²) in [7, 11) is 0. The predicted octanol–water partition coefficient (Wildman–Crippen LogP) is 2.28. The first kappa shape index (κ1) is 11.9. The number of hydrogen-bond acceptors (Lipinski definition) is 3. The Bertz CT molecular complexity index is 431. The molecule has 0 saturated carbocycles. The number of benzene rings is 1. The van der Waals surface area contributed by atoms with Crippen molar-refractivity contribution in [2.24, 2.45) is 0 Å². The highest BCUT2D eigenvalue weighted by molar-refractivity contribution is 5.89. The Balaban J connectivity index is 2.12. The zero-order valence-corrected chi connectivity index (χ0v) is 10.1. The van der Waals surface area contributed by atoms with E-state index in [1.54, 1.807) is 6.07 Å². The Morgan fingerprint density at radius 1 is 1.53 bits per heavy atom. The number of hydrogen-bond donors (Lipinski definition) is 2. The standard InChI is InChI=1S/C13H17NO3/c1-8-7-10(3-4-11(8)13(15)16)14-12-5-6-17-9(12)2/h3-4,7,9,12,14H,5-6H2,1-2H3,(H,15,16). The molecular weight excluding hydrogens is 218 g/mol. The molecule has 1 fully saturated rings. The molecule has 92 valence electrons. The topological polar surface area (TPSA) is 58.6 Å². The summed E-state index contributed by atoms with van der Waals surface area (Å²) < 4.78 is 5.47. The first-order valence-electron chi connectivity index (χ1n) is 5.80. The van der Waals surface area contributed by atoms with Crippen LogP contribution in [-0.4, -0.2) is 29.8 Å². The van der Waals surface area contributed by atoms with Crippen LogP contribution < -0.4 is 5.32 Å². The van der Waals surface area contributed by atoms with Crippen LogP contribution in [-0.2, 0) is 4.74 Å². The smallest absolute Gasteiger partial charge is 0.335 e. The zero-order chi connectivity index (χ0) is 12.4. The summed E-state index contributed by atoms with van der Waals surface area (Å²) in [6, 6.07) is 5.63. The number of aromatic carboxylic acids is 1. The lowest BCUT2D eigenvalue weighted by Gasteiger charge is -2.18. The first-order valence-corrected chi connectivity index (χ1v) is 5.80. The normalized spacial score (nSPS) is 23.6. The number of carboxylic acids is 1. The molecule has 2 N–H and O–H groups in total. The van der Waals surface area contributed by atoms with E-state index < -0.39 is 5.97 Å². The lowest BCUT2D eigenvalue weighted by molar-refractivity contribution is 0.0696. The number of nitrogens with one attached hydrogen (secondary N) is 1. The molecule has 0 amide bonds. The van der Waals surface area contributed by atoms with Crippen molar-refractivity contribution >= 4 is 11.7 Å². The van der Waals surface area contributed by atoms with Crippen LogP contribution in [0.1, 0.15) is 29.3 Å². The van der Waals surface area contributed by atoms with E-state index >= 15 is 0 Å². The second kappa shape index (κ2) is 4.75. The first-order chi connectivity index (χ1) is 8.08. The Labute approximate surface area is 101 Å². The maximum absolute atomic E-state index is 10.9. The van der Waals surface area contributed by atoms with Crippen LogP contribution in [0.5, 0.6) is 0 Å². The summed E-state index contributed by atoms with van der Waals surface area (Å²) in [4.78, 5) is 10.9. The van der Waals surface area contributed by atoms with Crippen LogP contribution in [0.3, 0.4) is 0 Å². The van der Waals surface area contributed by atoms with E-state index in [0.717, 1.165) is 24.3 Å². The Morgan fingerprint density at radius 2 is 2.29 bits per heavy atom. The quantitative estimate of drug-likeness (QED) is 0.843. The van der Waals surface area contributed by atoms with Crippen molar-refractivity contribution in [2.75, 3.05) is 11.9 Å². The fraction of sp³-hybridized carbons (Fsp3) is 0.462. The van der Waals surface area contributed by atoms with Gasteiger partial charge in [-0.25, -0.2) is 4.79 Å². The molecule has 2 unspecified atom stereocenters. The molecule has 1 saturated heterocycles. The fourth-order valence-electron chi connectivity index (χ4n) is 2.13. The van der Waals surface area contributed by atoms with Gasteiger partial charge in [0.15, 0.2) is 0 Å². The van der Waals surface area contributed by atoms with Crippen molar-refractivity contribution < 1.29 is 14.6 Å². The largest absolute Gasteiger partial charge is 0.478 e. The second-order valence-corrected chi connectivity index (χ2v) is 4.45. The fourth-order valence-corrected chi connectivity index (χ4v) is 2.13. The van der Waals surface area contributed by atoms with Gasteiger partial charge in [-0.05, 0) is 44.0 Å². The second-order valence-electron chi connectivity index (χ2n) is 4.45. The number of aryl methyl sites for hydroxylation is 1. The SMILES string of the molecule is Cc1cc(NC2CCOC2C)ccc1C(=O)O. The molecule has 4 heteroatoms. The average Bonchev–Trinajstić information content (AvgIpc) is 2.64. The van der Waals surface area contributed by atoms with Crippen molar-refractivity contribution in [1.29, 1.82) is 0 Å². The van der Waals surface area contributed by atoms with E-state index in [9.17, 15) is 4.79 Å². The number of carbonyl (C=O) groups is 1. The maximum atomic E-state index is 10.9. The predicted molar refractivity (Wildman–Crippen MR) is 65.6 cm³/mol. The molecule has 0 aromatic heterocycles. The van der Waals surface area contributed by atoms with Gasteiger partial charge in [0, 0.05) is 12.3 Å². The van der Waals surface area contributed by atoms with E-state index in [4.69, 9.17) is 9.84 Å². The molecule has 1 aromatic carbocycles. The highest BCUT2D eigenvalue weighted by atomic mass is 16.5. The highest BCUT2D eigenvalue weighted by Gasteiger charge is 2.23. The third-order valence-corrected chi connectivity index (χ3v) is 3.19. The van der Waals surface area contributed by atoms with Crippen LogP contribution in [0.25, 0.3) is 0 Å². The lowest BCUT2D eigenvalue weighted by Crippen LogP contribution is -2.26. The molecule has 0 radical (unpaired) electrons. The van der Waals surface area contributed by atoms with Gasteiger partial charge in [0.25, 0.3) is 0 Å². The summed E-state index contributed by atoms with van der Waals surface area (Å²) >= 11 is 0. The number of anilines is 1. The molecule has 4 nitrogen and oxygen atoms in total. The number of ether oxygens (including phenoxy) is 1. The van der Waals surface area contributed by atoms with Crippen LogP contribution in [0.15, 0.2) is 18.2 Å². The summed E-state index contributed by atoms with van der Waals surface area (Å²) in [5.41, 5.74) is 2.08. The molecule has 2 atom stereocenters. The summed E-state index contributed by atoms with van der Waals surface area (Å²) in [5, 5.41) is 12.3. The van der Waals surface area contributed by atoms with Gasteiger partial charge in [0.05, 0.1) is 17.7 Å². The lowest BCUT2D eigenvalue weighted by atomic mass is 10.1. The third kappa shape index (κ3) is 2.58. The van der Waals surface area contributed by atoms with E-state index in [0.29, 0.717) is 11.6 Å². The van der Waals surface area contributed by atoms with Crippen molar-refractivity contribution in [2.45, 2.75) is 32.4 Å². The Hall–Kier alpha value is -1.55. The van der Waals surface area contributed by atoms with Gasteiger partial charge in [0.1, 0.15) is 0 Å². The molecule has 1 aromatic rings. The van der Waals surface area contributed by atoms with E-state index in [2.05, 4.69) is 5.32 Å². The molecule has 2 rings (SSSR count). The van der Waals surface area contributed by atoms with E-state index in [-0.39, 0.29) is 6.10 Å². The Kier molecular flexibility index (Phi) is 3.33. The van der Waals surface area contributed by atoms with Gasteiger partial charge >= 0.3 is 5.97 Å². The highest BCUT2D eigenvalue weighted by Crippen LogP contribution is 2.21. The van der Waals surface area contributed by atoms with Gasteiger partial charge in [-0.3, -0.25) is 0 Å². The van der Waals surface area contributed by atoms with Gasteiger partial charge in [-0.2, -0.15) is 0 Å². The van der Waals surface area contributed by atoms with Crippen LogP contribution in [0.2, 0.25) is 0 Å². The number of rotatable bonds is 3. The third-order valence-electron chi connectivity index (χ3n) is 3.19. The van der Waals surface area contributed by atoms with Crippen LogP contribution in [0, 0.1) is 6.92 Å².